The van der Waals surface area contributed by atoms with Crippen LogP contribution in [-0.4, -0.2) is 105 Å². The van der Waals surface area contributed by atoms with Gasteiger partial charge >= 0.3 is 6.03 Å². The Balaban J connectivity index is 2.29. The number of sulfonamides is 1. The van der Waals surface area contributed by atoms with Crippen LogP contribution < -0.4 is 21.3 Å². The van der Waals surface area contributed by atoms with Crippen molar-refractivity contribution in [1.29, 1.82) is 0 Å². The van der Waals surface area contributed by atoms with Crippen molar-refractivity contribution in [2.75, 3.05) is 32.9 Å². The summed E-state index contributed by atoms with van der Waals surface area (Å²) >= 11 is 0. The highest BCUT2D eigenvalue weighted by Gasteiger charge is 2.48. The van der Waals surface area contributed by atoms with E-state index >= 15 is 0 Å². The van der Waals surface area contributed by atoms with E-state index < -0.39 is 87.4 Å². The van der Waals surface area contributed by atoms with Crippen LogP contribution in [0.15, 0.2) is 24.3 Å². The van der Waals surface area contributed by atoms with Gasteiger partial charge in [0.15, 0.2) is 0 Å². The minimum Gasteiger partial charge on any atom is -0.354 e. The van der Waals surface area contributed by atoms with Crippen molar-refractivity contribution in [3.05, 3.63) is 35.6 Å². The molecule has 1 aromatic rings. The number of alkyl halides is 2. The molecule has 0 spiro atoms. The third-order valence-electron chi connectivity index (χ3n) is 9.27. The number of halogens is 3. The summed E-state index contributed by atoms with van der Waals surface area (Å²) in [6.45, 7) is 14.7. The molecule has 1 aliphatic heterocycles. The van der Waals surface area contributed by atoms with Crippen molar-refractivity contribution in [2.45, 2.75) is 105 Å². The molecule has 1 aliphatic rings. The zero-order valence-electron chi connectivity index (χ0n) is 31.5. The molecule has 4 N–H and O–H groups in total. The van der Waals surface area contributed by atoms with Crippen LogP contribution in [-0.2, 0) is 30.8 Å². The number of nitrogens with zero attached hydrogens (tertiary/aromatic N) is 2. The Morgan fingerprint density at radius 3 is 2.04 bits per heavy atom. The zero-order valence-corrected chi connectivity index (χ0v) is 32.3. The van der Waals surface area contributed by atoms with Crippen molar-refractivity contribution >= 4 is 33.8 Å². The smallest absolute Gasteiger partial charge is 0.315 e. The number of likely N-dealkylation sites (tertiary alicyclic amines) is 1. The van der Waals surface area contributed by atoms with Crippen molar-refractivity contribution in [2.24, 2.45) is 22.7 Å². The quantitative estimate of drug-likeness (QED) is 0.215. The second-order valence-electron chi connectivity index (χ2n) is 15.9. The number of rotatable bonds is 15. The van der Waals surface area contributed by atoms with Crippen LogP contribution in [0, 0.1) is 28.5 Å². The average Bonchev–Trinajstić information content (AvgIpc) is 3.44. The number of hydrogen-bond donors (Lipinski definition) is 4. The van der Waals surface area contributed by atoms with Crippen LogP contribution in [0.2, 0.25) is 0 Å². The average molecular weight is 747 g/mol. The van der Waals surface area contributed by atoms with Gasteiger partial charge in [-0.2, -0.15) is 0 Å². The maximum atomic E-state index is 14.3. The molecule has 0 aromatic heterocycles. The van der Waals surface area contributed by atoms with Gasteiger partial charge in [0, 0.05) is 39.1 Å². The number of urea groups is 1. The van der Waals surface area contributed by atoms with Gasteiger partial charge in [0.1, 0.15) is 23.9 Å². The number of benzene rings is 1. The van der Waals surface area contributed by atoms with E-state index in [-0.39, 0.29) is 31.5 Å². The largest absolute Gasteiger partial charge is 0.354 e. The van der Waals surface area contributed by atoms with Gasteiger partial charge in [-0.15, -0.1) is 0 Å². The van der Waals surface area contributed by atoms with Crippen molar-refractivity contribution in [1.82, 2.24) is 30.5 Å². The molecule has 1 fully saturated rings. The second-order valence-corrected chi connectivity index (χ2v) is 18.0. The summed E-state index contributed by atoms with van der Waals surface area (Å²) in [4.78, 5) is 56.0. The van der Waals surface area contributed by atoms with Gasteiger partial charge in [-0.05, 0) is 53.2 Å². The molecule has 2 rings (SSSR count). The number of carbonyl (C=O) groups excluding carboxylic acids is 4. The SMILES string of the molecule is CC(C)C1CCN(C(=O)[C@@H](NC(=O)N[C@H](CN(C)S(C)(=O)=O)C(C)(C)C)C(C)(C)C)[C@@H]1C(=O)N[C@@H](CC(F)F)C(=O)NCCc1ccc(F)cc1. The minimum absolute atomic E-state index is 0.0199. The first-order valence-electron chi connectivity index (χ1n) is 17.2. The molecule has 1 saturated heterocycles. The van der Waals surface area contributed by atoms with Gasteiger partial charge in [-0.3, -0.25) is 14.4 Å². The standard InChI is InChI=1S/C35H57F3N6O6S/c1-21(2)24-16-18-44(28(24)31(46)40-25(19-27(37)38)30(45)39-17-15-22-11-13-23(36)14-12-22)32(47)29(35(6,7)8)42-33(48)41-26(34(3,4)5)20-43(9)51(10,49)50/h11-14,21,24-29H,15-20H2,1-10H3,(H,39,45)(H,40,46)(H2,41,42,48)/t24?,25-,26+,28-,29+/m0/s1. The predicted molar refractivity (Wildman–Crippen MR) is 190 cm³/mol. The molecule has 1 unspecified atom stereocenters. The van der Waals surface area contributed by atoms with Gasteiger partial charge in [0.25, 0.3) is 0 Å². The molecule has 0 bridgehead atoms. The van der Waals surface area contributed by atoms with E-state index in [2.05, 4.69) is 21.3 Å². The maximum absolute atomic E-state index is 14.3. The molecule has 0 radical (unpaired) electrons. The molecule has 51 heavy (non-hydrogen) atoms. The topological polar surface area (TPSA) is 157 Å². The van der Waals surface area contributed by atoms with E-state index in [1.54, 1.807) is 32.9 Å². The monoisotopic (exact) mass is 746 g/mol. The van der Waals surface area contributed by atoms with E-state index in [9.17, 15) is 40.8 Å². The lowest BCUT2D eigenvalue weighted by Crippen LogP contribution is -2.62. The minimum atomic E-state index is -3.55. The highest BCUT2D eigenvalue weighted by atomic mass is 32.2. The van der Waals surface area contributed by atoms with Gasteiger partial charge in [0.2, 0.25) is 34.2 Å². The van der Waals surface area contributed by atoms with Crippen LogP contribution in [0.4, 0.5) is 18.0 Å². The summed E-state index contributed by atoms with van der Waals surface area (Å²) < 4.78 is 65.9. The van der Waals surface area contributed by atoms with Crippen LogP contribution in [0.1, 0.15) is 73.8 Å². The fourth-order valence-corrected chi connectivity index (χ4v) is 6.36. The Kier molecular flexibility index (Phi) is 15.3. The lowest BCUT2D eigenvalue weighted by atomic mass is 9.84. The normalized spacial score (nSPS) is 18.8. The molecular formula is C35H57F3N6O6S. The Morgan fingerprint density at radius 2 is 1.55 bits per heavy atom. The highest BCUT2D eigenvalue weighted by molar-refractivity contribution is 7.88. The molecule has 0 aliphatic carbocycles. The summed E-state index contributed by atoms with van der Waals surface area (Å²) in [6, 6.07) is 0.445. The first kappa shape index (κ1) is 43.8. The Bertz CT molecular complexity index is 1460. The molecule has 12 nitrogen and oxygen atoms in total. The molecule has 16 heteroatoms. The fraction of sp³-hybridized carbons (Fsp3) is 0.714. The van der Waals surface area contributed by atoms with E-state index in [4.69, 9.17) is 0 Å². The molecule has 0 saturated carbocycles. The first-order chi connectivity index (χ1) is 23.3. The molecule has 290 valence electrons. The van der Waals surface area contributed by atoms with Crippen LogP contribution in [0.25, 0.3) is 0 Å². The highest BCUT2D eigenvalue weighted by Crippen LogP contribution is 2.33. The van der Waals surface area contributed by atoms with Crippen LogP contribution in [0.5, 0.6) is 0 Å². The third-order valence-corrected chi connectivity index (χ3v) is 10.6. The second kappa shape index (κ2) is 17.9. The van der Waals surface area contributed by atoms with Crippen LogP contribution >= 0.6 is 0 Å². The zero-order chi connectivity index (χ0) is 39.1. The number of amides is 5. The van der Waals surface area contributed by atoms with E-state index in [0.29, 0.717) is 12.8 Å². The predicted octanol–water partition coefficient (Wildman–Crippen LogP) is 3.52. The van der Waals surface area contributed by atoms with E-state index in [1.807, 2.05) is 34.6 Å². The summed E-state index contributed by atoms with van der Waals surface area (Å²) in [5, 5.41) is 10.6. The number of hydrogen-bond acceptors (Lipinski definition) is 6. The fourth-order valence-electron chi connectivity index (χ4n) is 5.94. The third kappa shape index (κ3) is 13.3. The van der Waals surface area contributed by atoms with Gasteiger partial charge in [-0.25, -0.2) is 30.7 Å². The van der Waals surface area contributed by atoms with Gasteiger partial charge in [-0.1, -0.05) is 67.5 Å². The van der Waals surface area contributed by atoms with Gasteiger partial charge < -0.3 is 26.2 Å². The van der Waals surface area contributed by atoms with E-state index in [0.717, 1.165) is 16.1 Å². The Labute approximate surface area is 301 Å². The maximum Gasteiger partial charge on any atom is 0.315 e. The Morgan fingerprint density at radius 1 is 0.961 bits per heavy atom. The van der Waals surface area contributed by atoms with Crippen LogP contribution in [0.3, 0.4) is 0 Å². The number of nitrogens with one attached hydrogen (secondary N) is 4. The molecule has 1 aromatic carbocycles. The lowest BCUT2D eigenvalue weighted by molar-refractivity contribution is -0.144. The number of carbonyl (C=O) groups is 4. The molecular weight excluding hydrogens is 689 g/mol. The summed E-state index contributed by atoms with van der Waals surface area (Å²) in [7, 11) is -2.14. The van der Waals surface area contributed by atoms with Crippen molar-refractivity contribution in [3.8, 4) is 0 Å². The lowest BCUT2D eigenvalue weighted by Gasteiger charge is -2.38. The van der Waals surface area contributed by atoms with E-state index in [1.165, 1.54) is 24.1 Å². The summed E-state index contributed by atoms with van der Waals surface area (Å²) in [5.74, 6) is -3.01. The van der Waals surface area contributed by atoms with Crippen molar-refractivity contribution < 1.29 is 40.8 Å². The number of likely N-dealkylation sites (N-methyl/N-ethyl adjacent to an activating group) is 1. The summed E-state index contributed by atoms with van der Waals surface area (Å²) in [5.41, 5.74) is -0.700. The molecule has 5 amide bonds. The molecule has 1 heterocycles. The van der Waals surface area contributed by atoms with Crippen molar-refractivity contribution in [3.63, 3.8) is 0 Å². The Hall–Kier alpha value is -3.40. The molecule has 5 atom stereocenters. The summed E-state index contributed by atoms with van der Waals surface area (Å²) in [6.07, 6.45) is -2.06. The first-order valence-corrected chi connectivity index (χ1v) is 19.1. The van der Waals surface area contributed by atoms with Gasteiger partial charge in [0.05, 0.1) is 6.26 Å².